The lowest BCUT2D eigenvalue weighted by Gasteiger charge is -2.33. The molecule has 0 amide bonds. The Morgan fingerprint density at radius 2 is 1.96 bits per heavy atom. The van der Waals surface area contributed by atoms with Crippen LogP contribution in [0.4, 0.5) is 4.39 Å². The standard InChI is InChI=1S/C21H18FNO3S2/c22-14-7-6-12(11-13(14)18-5-2-9-27-18)19-20-15(3-1-4-17(20)24)23-16-8-10-28(25,26)21(16)19/h2,5-7,9,11,19,23H,1,3-4,8,10H2. The van der Waals surface area contributed by atoms with Gasteiger partial charge in [0.25, 0.3) is 0 Å². The van der Waals surface area contributed by atoms with E-state index in [0.29, 0.717) is 40.1 Å². The highest BCUT2D eigenvalue weighted by molar-refractivity contribution is 7.95. The van der Waals surface area contributed by atoms with Gasteiger partial charge >= 0.3 is 0 Å². The molecule has 1 aliphatic carbocycles. The van der Waals surface area contributed by atoms with Crippen LogP contribution in [0.5, 0.6) is 0 Å². The van der Waals surface area contributed by atoms with Crippen molar-refractivity contribution in [1.82, 2.24) is 5.32 Å². The number of Topliss-reactive ketones (excluding diaryl/α,β-unsaturated/α-hetero) is 1. The Morgan fingerprint density at radius 1 is 1.11 bits per heavy atom. The van der Waals surface area contributed by atoms with Crippen LogP contribution in [0, 0.1) is 5.82 Å². The summed E-state index contributed by atoms with van der Waals surface area (Å²) in [5, 5.41) is 5.12. The quantitative estimate of drug-likeness (QED) is 0.795. The van der Waals surface area contributed by atoms with Gasteiger partial charge in [-0.25, -0.2) is 12.8 Å². The van der Waals surface area contributed by atoms with Gasteiger partial charge in [-0.05, 0) is 42.0 Å². The summed E-state index contributed by atoms with van der Waals surface area (Å²) in [5.74, 6) is -0.970. The maximum atomic E-state index is 14.5. The number of hydrogen-bond donors (Lipinski definition) is 1. The molecule has 0 bridgehead atoms. The van der Waals surface area contributed by atoms with E-state index in [0.717, 1.165) is 23.4 Å². The molecule has 3 heterocycles. The van der Waals surface area contributed by atoms with Crippen molar-refractivity contribution in [2.24, 2.45) is 0 Å². The number of sulfone groups is 1. The molecular weight excluding hydrogens is 397 g/mol. The Bertz CT molecular complexity index is 1160. The number of ketones is 1. The van der Waals surface area contributed by atoms with Gasteiger partial charge in [0.1, 0.15) is 5.82 Å². The van der Waals surface area contributed by atoms with Crippen molar-refractivity contribution in [3.8, 4) is 10.4 Å². The first-order valence-corrected chi connectivity index (χ1v) is 11.8. The molecule has 4 nitrogen and oxygen atoms in total. The van der Waals surface area contributed by atoms with E-state index in [9.17, 15) is 17.6 Å². The number of thiophene rings is 1. The van der Waals surface area contributed by atoms with Crippen molar-refractivity contribution >= 4 is 27.0 Å². The highest BCUT2D eigenvalue weighted by atomic mass is 32.2. The fourth-order valence-corrected chi connectivity index (χ4v) is 7.02. The number of benzene rings is 1. The third-order valence-electron chi connectivity index (χ3n) is 5.67. The maximum absolute atomic E-state index is 14.5. The molecule has 0 saturated heterocycles. The Morgan fingerprint density at radius 3 is 2.75 bits per heavy atom. The van der Waals surface area contributed by atoms with Crippen LogP contribution in [-0.2, 0) is 14.6 Å². The van der Waals surface area contributed by atoms with Crippen molar-refractivity contribution in [2.75, 3.05) is 5.75 Å². The summed E-state index contributed by atoms with van der Waals surface area (Å²) in [6.07, 6.45) is 2.33. The molecule has 0 fully saturated rings. The van der Waals surface area contributed by atoms with E-state index in [-0.39, 0.29) is 17.4 Å². The van der Waals surface area contributed by atoms with Crippen LogP contribution in [0.3, 0.4) is 0 Å². The van der Waals surface area contributed by atoms with Crippen LogP contribution in [0.15, 0.2) is 57.6 Å². The van der Waals surface area contributed by atoms with Gasteiger partial charge in [-0.15, -0.1) is 11.3 Å². The predicted octanol–water partition coefficient (Wildman–Crippen LogP) is 4.28. The minimum Gasteiger partial charge on any atom is -0.361 e. The SMILES string of the molecule is O=C1CCCC2=C1C(c1ccc(F)c(-c3cccs3)c1)C1=C(CCS1(=O)=O)N2. The topological polar surface area (TPSA) is 63.2 Å². The fraction of sp³-hybridized carbons (Fsp3) is 0.286. The summed E-state index contributed by atoms with van der Waals surface area (Å²) in [6, 6.07) is 8.39. The third-order valence-corrected chi connectivity index (χ3v) is 8.47. The third kappa shape index (κ3) is 2.68. The van der Waals surface area contributed by atoms with Crippen molar-refractivity contribution in [2.45, 2.75) is 31.6 Å². The fourth-order valence-electron chi connectivity index (χ4n) is 4.44. The average Bonchev–Trinajstić information content (AvgIpc) is 3.30. The molecule has 28 heavy (non-hydrogen) atoms. The first-order valence-electron chi connectivity index (χ1n) is 9.28. The van der Waals surface area contributed by atoms with Crippen LogP contribution in [-0.4, -0.2) is 20.0 Å². The Balaban J connectivity index is 1.73. The molecule has 1 atom stereocenters. The highest BCUT2D eigenvalue weighted by Crippen LogP contribution is 2.48. The number of dihydropyridines is 1. The van der Waals surface area contributed by atoms with Gasteiger partial charge in [-0.2, -0.15) is 0 Å². The van der Waals surface area contributed by atoms with E-state index >= 15 is 0 Å². The van der Waals surface area contributed by atoms with Crippen LogP contribution in [0.1, 0.15) is 37.2 Å². The lowest BCUT2D eigenvalue weighted by atomic mass is 9.79. The molecule has 144 valence electrons. The van der Waals surface area contributed by atoms with E-state index < -0.39 is 15.8 Å². The second-order valence-electron chi connectivity index (χ2n) is 7.36. The van der Waals surface area contributed by atoms with Gasteiger partial charge in [0.15, 0.2) is 15.6 Å². The van der Waals surface area contributed by atoms with Crippen LogP contribution in [0.2, 0.25) is 0 Å². The minimum atomic E-state index is -3.46. The molecule has 0 saturated carbocycles. The summed E-state index contributed by atoms with van der Waals surface area (Å²) in [7, 11) is -3.46. The van der Waals surface area contributed by atoms with Crippen LogP contribution in [0.25, 0.3) is 10.4 Å². The predicted molar refractivity (Wildman–Crippen MR) is 107 cm³/mol. The number of carbonyl (C=O) groups is 1. The van der Waals surface area contributed by atoms with Gasteiger partial charge < -0.3 is 5.32 Å². The van der Waals surface area contributed by atoms with Gasteiger partial charge in [0, 0.05) is 40.2 Å². The van der Waals surface area contributed by atoms with Gasteiger partial charge in [0.05, 0.1) is 16.6 Å². The number of hydrogen-bond acceptors (Lipinski definition) is 5. The van der Waals surface area contributed by atoms with E-state index in [1.165, 1.54) is 17.4 Å². The summed E-state index contributed by atoms with van der Waals surface area (Å²) >= 11 is 1.43. The molecule has 0 spiro atoms. The summed E-state index contributed by atoms with van der Waals surface area (Å²) in [4.78, 5) is 13.9. The number of allylic oxidation sites excluding steroid dienone is 4. The zero-order chi connectivity index (χ0) is 19.5. The molecule has 5 rings (SSSR count). The molecular formula is C21H18FNO3S2. The molecule has 1 N–H and O–H groups in total. The number of nitrogens with one attached hydrogen (secondary N) is 1. The Labute approximate surface area is 166 Å². The van der Waals surface area contributed by atoms with Crippen molar-refractivity contribution in [1.29, 1.82) is 0 Å². The molecule has 7 heteroatoms. The monoisotopic (exact) mass is 415 g/mol. The second-order valence-corrected chi connectivity index (χ2v) is 10.4. The van der Waals surface area contributed by atoms with E-state index in [4.69, 9.17) is 0 Å². The minimum absolute atomic E-state index is 0.0191. The second kappa shape index (κ2) is 6.39. The number of carbonyl (C=O) groups excluding carboxylic acids is 1. The first kappa shape index (κ1) is 17.8. The zero-order valence-electron chi connectivity index (χ0n) is 15.0. The normalized spacial score (nSPS) is 23.5. The van der Waals surface area contributed by atoms with Crippen molar-refractivity contribution in [3.05, 3.63) is 69.0 Å². The number of rotatable bonds is 2. The molecule has 0 radical (unpaired) electrons. The van der Waals surface area contributed by atoms with Crippen LogP contribution >= 0.6 is 11.3 Å². The molecule has 3 aliphatic rings. The van der Waals surface area contributed by atoms with Gasteiger partial charge in [-0.3, -0.25) is 4.79 Å². The Hall–Kier alpha value is -2.25. The molecule has 1 aromatic heterocycles. The Kier molecular flexibility index (Phi) is 4.07. The van der Waals surface area contributed by atoms with Crippen LogP contribution < -0.4 is 5.32 Å². The molecule has 1 unspecified atom stereocenters. The maximum Gasteiger partial charge on any atom is 0.177 e. The highest BCUT2D eigenvalue weighted by Gasteiger charge is 2.44. The van der Waals surface area contributed by atoms with E-state index in [1.807, 2.05) is 17.5 Å². The summed E-state index contributed by atoms with van der Waals surface area (Å²) in [6.45, 7) is 0. The lowest BCUT2D eigenvalue weighted by Crippen LogP contribution is -2.32. The van der Waals surface area contributed by atoms with E-state index in [2.05, 4.69) is 5.32 Å². The molecule has 1 aromatic carbocycles. The van der Waals surface area contributed by atoms with Crippen molar-refractivity contribution in [3.63, 3.8) is 0 Å². The van der Waals surface area contributed by atoms with E-state index in [1.54, 1.807) is 12.1 Å². The van der Waals surface area contributed by atoms with Gasteiger partial charge in [0.2, 0.25) is 0 Å². The largest absolute Gasteiger partial charge is 0.361 e. The average molecular weight is 416 g/mol. The lowest BCUT2D eigenvalue weighted by molar-refractivity contribution is -0.116. The first-order chi connectivity index (χ1) is 13.5. The smallest absolute Gasteiger partial charge is 0.177 e. The van der Waals surface area contributed by atoms with Crippen molar-refractivity contribution < 1.29 is 17.6 Å². The molecule has 2 aliphatic heterocycles. The zero-order valence-corrected chi connectivity index (χ0v) is 16.6. The number of halogens is 1. The summed E-state index contributed by atoms with van der Waals surface area (Å²) < 4.78 is 40.2. The molecule has 2 aromatic rings. The van der Waals surface area contributed by atoms with Gasteiger partial charge in [-0.1, -0.05) is 12.1 Å². The summed E-state index contributed by atoms with van der Waals surface area (Å²) in [5.41, 5.74) is 3.17.